The van der Waals surface area contributed by atoms with Crippen LogP contribution >= 0.6 is 23.1 Å². The van der Waals surface area contributed by atoms with Crippen molar-refractivity contribution in [2.24, 2.45) is 0 Å². The SMILES string of the molecule is c1csc(CCNCC2CCCS2)c1. The highest BCUT2D eigenvalue weighted by Gasteiger charge is 2.14. The zero-order valence-corrected chi connectivity index (χ0v) is 10.0. The quantitative estimate of drug-likeness (QED) is 0.776. The van der Waals surface area contributed by atoms with Gasteiger partial charge in [0.1, 0.15) is 0 Å². The van der Waals surface area contributed by atoms with Gasteiger partial charge in [-0.2, -0.15) is 11.8 Å². The van der Waals surface area contributed by atoms with E-state index in [1.165, 1.54) is 36.4 Å². The van der Waals surface area contributed by atoms with Crippen molar-refractivity contribution in [3.63, 3.8) is 0 Å². The fraction of sp³-hybridized carbons (Fsp3) is 0.636. The first-order valence-corrected chi connectivity index (χ1v) is 7.23. The van der Waals surface area contributed by atoms with E-state index in [1.807, 2.05) is 11.3 Å². The molecule has 1 aliphatic rings. The molecule has 1 fully saturated rings. The van der Waals surface area contributed by atoms with Gasteiger partial charge < -0.3 is 5.32 Å². The lowest BCUT2D eigenvalue weighted by Gasteiger charge is -2.09. The number of hydrogen-bond acceptors (Lipinski definition) is 3. The molecule has 0 radical (unpaired) electrons. The molecular formula is C11H17NS2. The number of thioether (sulfide) groups is 1. The molecule has 0 bridgehead atoms. The van der Waals surface area contributed by atoms with Crippen LogP contribution in [0.15, 0.2) is 17.5 Å². The van der Waals surface area contributed by atoms with Crippen LogP contribution < -0.4 is 5.32 Å². The minimum absolute atomic E-state index is 0.887. The average molecular weight is 227 g/mol. The number of hydrogen-bond donors (Lipinski definition) is 1. The molecule has 0 spiro atoms. The number of nitrogens with one attached hydrogen (secondary N) is 1. The van der Waals surface area contributed by atoms with Gasteiger partial charge in [-0.1, -0.05) is 6.07 Å². The van der Waals surface area contributed by atoms with Crippen LogP contribution in [0.4, 0.5) is 0 Å². The average Bonchev–Trinajstić information content (AvgIpc) is 2.86. The molecule has 0 amide bonds. The maximum absolute atomic E-state index is 3.55. The maximum Gasteiger partial charge on any atom is 0.0172 e. The van der Waals surface area contributed by atoms with Gasteiger partial charge in [0, 0.05) is 16.7 Å². The van der Waals surface area contributed by atoms with Crippen molar-refractivity contribution in [2.45, 2.75) is 24.5 Å². The molecule has 1 aromatic rings. The second-order valence-corrected chi connectivity index (χ2v) is 6.11. The first kappa shape index (κ1) is 10.5. The normalized spacial score (nSPS) is 21.6. The van der Waals surface area contributed by atoms with Gasteiger partial charge in [-0.25, -0.2) is 0 Å². The van der Waals surface area contributed by atoms with Gasteiger partial charge >= 0.3 is 0 Å². The van der Waals surface area contributed by atoms with Gasteiger partial charge in [-0.3, -0.25) is 0 Å². The predicted octanol–water partition coefficient (Wildman–Crippen LogP) is 2.78. The van der Waals surface area contributed by atoms with Crippen LogP contribution in [0, 0.1) is 0 Å². The number of rotatable bonds is 5. The summed E-state index contributed by atoms with van der Waals surface area (Å²) in [5.74, 6) is 1.37. The molecule has 1 saturated heterocycles. The molecule has 1 nitrogen and oxygen atoms in total. The summed E-state index contributed by atoms with van der Waals surface area (Å²) in [6.45, 7) is 2.34. The molecule has 3 heteroatoms. The summed E-state index contributed by atoms with van der Waals surface area (Å²) in [6, 6.07) is 4.35. The van der Waals surface area contributed by atoms with E-state index < -0.39 is 0 Å². The van der Waals surface area contributed by atoms with E-state index in [1.54, 1.807) is 0 Å². The smallest absolute Gasteiger partial charge is 0.0172 e. The third-order valence-electron chi connectivity index (χ3n) is 2.52. The van der Waals surface area contributed by atoms with Gasteiger partial charge in [0.25, 0.3) is 0 Å². The second kappa shape index (κ2) is 5.79. The first-order chi connectivity index (χ1) is 6.95. The fourth-order valence-electron chi connectivity index (χ4n) is 1.73. The molecule has 0 aliphatic carbocycles. The summed E-state index contributed by atoms with van der Waals surface area (Å²) in [7, 11) is 0. The van der Waals surface area contributed by atoms with Crippen molar-refractivity contribution in [1.29, 1.82) is 0 Å². The maximum atomic E-state index is 3.55. The van der Waals surface area contributed by atoms with E-state index in [-0.39, 0.29) is 0 Å². The highest BCUT2D eigenvalue weighted by Crippen LogP contribution is 2.25. The van der Waals surface area contributed by atoms with Gasteiger partial charge in [-0.15, -0.1) is 11.3 Å². The van der Waals surface area contributed by atoms with Crippen molar-refractivity contribution in [3.8, 4) is 0 Å². The zero-order chi connectivity index (χ0) is 9.64. The molecule has 1 atom stereocenters. The lowest BCUT2D eigenvalue weighted by molar-refractivity contribution is 0.646. The van der Waals surface area contributed by atoms with Crippen LogP contribution in [0.5, 0.6) is 0 Å². The topological polar surface area (TPSA) is 12.0 Å². The summed E-state index contributed by atoms with van der Waals surface area (Å²) in [5.41, 5.74) is 0. The Labute approximate surface area is 94.3 Å². The van der Waals surface area contributed by atoms with Crippen molar-refractivity contribution in [2.75, 3.05) is 18.8 Å². The molecule has 2 rings (SSSR count). The molecule has 1 N–H and O–H groups in total. The number of thiophene rings is 1. The van der Waals surface area contributed by atoms with Gasteiger partial charge in [0.15, 0.2) is 0 Å². The lowest BCUT2D eigenvalue weighted by atomic mass is 10.2. The lowest BCUT2D eigenvalue weighted by Crippen LogP contribution is -2.25. The minimum atomic E-state index is 0.887. The largest absolute Gasteiger partial charge is 0.315 e. The van der Waals surface area contributed by atoms with Crippen LogP contribution in [0.25, 0.3) is 0 Å². The van der Waals surface area contributed by atoms with E-state index in [0.717, 1.165) is 11.8 Å². The Morgan fingerprint density at radius 1 is 1.50 bits per heavy atom. The molecule has 1 aliphatic heterocycles. The van der Waals surface area contributed by atoms with E-state index >= 15 is 0 Å². The van der Waals surface area contributed by atoms with E-state index in [4.69, 9.17) is 0 Å². The Morgan fingerprint density at radius 2 is 2.50 bits per heavy atom. The zero-order valence-electron chi connectivity index (χ0n) is 8.37. The van der Waals surface area contributed by atoms with Crippen molar-refractivity contribution < 1.29 is 0 Å². The molecule has 1 unspecified atom stereocenters. The van der Waals surface area contributed by atoms with Crippen molar-refractivity contribution in [3.05, 3.63) is 22.4 Å². The van der Waals surface area contributed by atoms with Crippen LogP contribution in [-0.2, 0) is 6.42 Å². The third kappa shape index (κ3) is 3.30. The summed E-state index contributed by atoms with van der Waals surface area (Å²) in [5, 5.41) is 6.59. The van der Waals surface area contributed by atoms with Gasteiger partial charge in [-0.05, 0) is 43.0 Å². The van der Waals surface area contributed by atoms with E-state index in [2.05, 4.69) is 34.6 Å². The van der Waals surface area contributed by atoms with E-state index in [0.29, 0.717) is 0 Å². The highest BCUT2D eigenvalue weighted by molar-refractivity contribution is 8.00. The van der Waals surface area contributed by atoms with Gasteiger partial charge in [0.2, 0.25) is 0 Å². The molecule has 0 aromatic carbocycles. The Morgan fingerprint density at radius 3 is 3.21 bits per heavy atom. The summed E-state index contributed by atoms with van der Waals surface area (Å²) in [6.07, 6.45) is 4.02. The van der Waals surface area contributed by atoms with Crippen molar-refractivity contribution in [1.82, 2.24) is 5.32 Å². The highest BCUT2D eigenvalue weighted by atomic mass is 32.2. The Hall–Kier alpha value is 0.01000. The van der Waals surface area contributed by atoms with Crippen LogP contribution in [0.2, 0.25) is 0 Å². The fourth-order valence-corrected chi connectivity index (χ4v) is 3.68. The molecule has 2 heterocycles. The van der Waals surface area contributed by atoms with Crippen LogP contribution in [0.3, 0.4) is 0 Å². The van der Waals surface area contributed by atoms with E-state index in [9.17, 15) is 0 Å². The first-order valence-electron chi connectivity index (χ1n) is 5.30. The molecule has 14 heavy (non-hydrogen) atoms. The third-order valence-corrected chi connectivity index (χ3v) is 4.86. The molecule has 1 aromatic heterocycles. The Balaban J connectivity index is 1.55. The predicted molar refractivity (Wildman–Crippen MR) is 66.4 cm³/mol. The Bertz CT molecular complexity index is 240. The van der Waals surface area contributed by atoms with Crippen LogP contribution in [-0.4, -0.2) is 24.1 Å². The van der Waals surface area contributed by atoms with Gasteiger partial charge in [0.05, 0.1) is 0 Å². The summed E-state index contributed by atoms with van der Waals surface area (Å²) < 4.78 is 0. The van der Waals surface area contributed by atoms with Crippen LogP contribution in [0.1, 0.15) is 17.7 Å². The minimum Gasteiger partial charge on any atom is -0.315 e. The molecule has 78 valence electrons. The standard InChI is InChI=1S/C11H17NS2/c1-3-10(13-7-1)5-6-12-9-11-4-2-8-14-11/h1,3,7,11-12H,2,4-6,8-9H2. The Kier molecular flexibility index (Phi) is 4.35. The molecular weight excluding hydrogens is 210 g/mol. The van der Waals surface area contributed by atoms with Crippen molar-refractivity contribution >= 4 is 23.1 Å². The second-order valence-electron chi connectivity index (χ2n) is 3.67. The summed E-state index contributed by atoms with van der Waals surface area (Å²) in [4.78, 5) is 1.50. The summed E-state index contributed by atoms with van der Waals surface area (Å²) >= 11 is 3.99. The molecule has 0 saturated carbocycles. The monoisotopic (exact) mass is 227 g/mol.